The zero-order valence-electron chi connectivity index (χ0n) is 11.6. The van der Waals surface area contributed by atoms with Crippen molar-refractivity contribution in [2.45, 2.75) is 26.7 Å². The molecular weight excluding hydrogens is 232 g/mol. The standard InChI is InChI=1S/C13H26N2O3/c1-3-14(4-2)11-12-5-7-15(8-6-12)13(17)18-10-9-16/h12,16H,3-11H2,1-2H3. The van der Waals surface area contributed by atoms with Gasteiger partial charge >= 0.3 is 6.09 Å². The summed E-state index contributed by atoms with van der Waals surface area (Å²) in [5, 5.41) is 8.61. The Morgan fingerprint density at radius 1 is 1.33 bits per heavy atom. The molecule has 0 aromatic carbocycles. The lowest BCUT2D eigenvalue weighted by molar-refractivity contribution is 0.0694. The van der Waals surface area contributed by atoms with E-state index in [1.165, 1.54) is 0 Å². The van der Waals surface area contributed by atoms with E-state index in [9.17, 15) is 4.79 Å². The summed E-state index contributed by atoms with van der Waals surface area (Å²) in [6, 6.07) is 0. The maximum Gasteiger partial charge on any atom is 0.409 e. The first-order valence-electron chi connectivity index (χ1n) is 6.96. The minimum absolute atomic E-state index is 0.0954. The lowest BCUT2D eigenvalue weighted by atomic mass is 9.96. The van der Waals surface area contributed by atoms with Crippen molar-refractivity contribution in [1.29, 1.82) is 0 Å². The highest BCUT2D eigenvalue weighted by Gasteiger charge is 2.24. The van der Waals surface area contributed by atoms with Crippen LogP contribution in [0.5, 0.6) is 0 Å². The summed E-state index contributed by atoms with van der Waals surface area (Å²) in [6.45, 7) is 9.22. The van der Waals surface area contributed by atoms with Crippen molar-refractivity contribution in [1.82, 2.24) is 9.80 Å². The van der Waals surface area contributed by atoms with Gasteiger partial charge in [-0.25, -0.2) is 4.79 Å². The molecule has 1 N–H and O–H groups in total. The summed E-state index contributed by atoms with van der Waals surface area (Å²) in [7, 11) is 0. The van der Waals surface area contributed by atoms with E-state index in [0.717, 1.165) is 45.6 Å². The number of piperidine rings is 1. The third-order valence-corrected chi connectivity index (χ3v) is 3.60. The first-order chi connectivity index (χ1) is 8.71. The molecule has 5 heteroatoms. The molecule has 0 bridgehead atoms. The molecule has 106 valence electrons. The minimum atomic E-state index is -0.287. The Kier molecular flexibility index (Phi) is 7.05. The van der Waals surface area contributed by atoms with Gasteiger partial charge < -0.3 is 19.6 Å². The fourth-order valence-corrected chi connectivity index (χ4v) is 2.37. The number of hydrogen-bond donors (Lipinski definition) is 1. The van der Waals surface area contributed by atoms with Crippen LogP contribution in [0.1, 0.15) is 26.7 Å². The van der Waals surface area contributed by atoms with Gasteiger partial charge in [0, 0.05) is 19.6 Å². The van der Waals surface area contributed by atoms with Gasteiger partial charge in [-0.05, 0) is 31.8 Å². The Bertz CT molecular complexity index is 236. The lowest BCUT2D eigenvalue weighted by Crippen LogP contribution is -2.42. The molecule has 0 aromatic heterocycles. The summed E-state index contributed by atoms with van der Waals surface area (Å²) < 4.78 is 4.92. The van der Waals surface area contributed by atoms with E-state index in [1.807, 2.05) is 0 Å². The number of nitrogens with zero attached hydrogens (tertiary/aromatic N) is 2. The zero-order chi connectivity index (χ0) is 13.4. The quantitative estimate of drug-likeness (QED) is 0.777. The average Bonchev–Trinajstić information content (AvgIpc) is 2.42. The van der Waals surface area contributed by atoms with E-state index in [0.29, 0.717) is 5.92 Å². The minimum Gasteiger partial charge on any atom is -0.447 e. The van der Waals surface area contributed by atoms with Crippen molar-refractivity contribution < 1.29 is 14.6 Å². The van der Waals surface area contributed by atoms with Gasteiger partial charge in [0.15, 0.2) is 0 Å². The monoisotopic (exact) mass is 258 g/mol. The van der Waals surface area contributed by atoms with Crippen molar-refractivity contribution in [2.24, 2.45) is 5.92 Å². The lowest BCUT2D eigenvalue weighted by Gasteiger charge is -2.33. The van der Waals surface area contributed by atoms with Crippen LogP contribution in [0.25, 0.3) is 0 Å². The van der Waals surface area contributed by atoms with Crippen LogP contribution in [-0.4, -0.2) is 66.9 Å². The van der Waals surface area contributed by atoms with Crippen LogP contribution in [0, 0.1) is 5.92 Å². The van der Waals surface area contributed by atoms with Gasteiger partial charge in [0.2, 0.25) is 0 Å². The van der Waals surface area contributed by atoms with Gasteiger partial charge in [0.25, 0.3) is 0 Å². The number of carbonyl (C=O) groups excluding carboxylic acids is 1. The third-order valence-electron chi connectivity index (χ3n) is 3.60. The normalized spacial score (nSPS) is 17.2. The summed E-state index contributed by atoms with van der Waals surface area (Å²) in [5.74, 6) is 0.687. The topological polar surface area (TPSA) is 53.0 Å². The van der Waals surface area contributed by atoms with E-state index in [1.54, 1.807) is 4.90 Å². The molecule has 1 aliphatic rings. The molecule has 1 heterocycles. The fraction of sp³-hybridized carbons (Fsp3) is 0.923. The highest BCUT2D eigenvalue weighted by atomic mass is 16.6. The van der Waals surface area contributed by atoms with Gasteiger partial charge in [0.05, 0.1) is 6.61 Å². The van der Waals surface area contributed by atoms with E-state index in [4.69, 9.17) is 9.84 Å². The molecule has 1 amide bonds. The zero-order valence-corrected chi connectivity index (χ0v) is 11.6. The molecule has 1 rings (SSSR count). The fourth-order valence-electron chi connectivity index (χ4n) is 2.37. The van der Waals surface area contributed by atoms with Crippen LogP contribution in [0.2, 0.25) is 0 Å². The van der Waals surface area contributed by atoms with Crippen LogP contribution in [-0.2, 0) is 4.74 Å². The third kappa shape index (κ3) is 4.82. The SMILES string of the molecule is CCN(CC)CC1CCN(C(=O)OCCO)CC1. The average molecular weight is 258 g/mol. The molecule has 1 aliphatic heterocycles. The first-order valence-corrected chi connectivity index (χ1v) is 6.96. The van der Waals surface area contributed by atoms with E-state index >= 15 is 0 Å². The summed E-state index contributed by atoms with van der Waals surface area (Å²) in [6.07, 6.45) is 1.81. The van der Waals surface area contributed by atoms with E-state index < -0.39 is 0 Å². The Labute approximate surface area is 110 Å². The largest absolute Gasteiger partial charge is 0.447 e. The molecule has 0 atom stereocenters. The number of aliphatic hydroxyl groups excluding tert-OH is 1. The van der Waals surface area contributed by atoms with Crippen LogP contribution in [0.4, 0.5) is 4.79 Å². The molecule has 0 aromatic rings. The van der Waals surface area contributed by atoms with Gasteiger partial charge in [-0.3, -0.25) is 0 Å². The highest BCUT2D eigenvalue weighted by Crippen LogP contribution is 2.18. The Balaban J connectivity index is 2.25. The molecule has 0 spiro atoms. The van der Waals surface area contributed by atoms with E-state index in [2.05, 4.69) is 18.7 Å². The molecule has 0 saturated carbocycles. The van der Waals surface area contributed by atoms with Crippen LogP contribution in [0.15, 0.2) is 0 Å². The van der Waals surface area contributed by atoms with Gasteiger partial charge in [-0.1, -0.05) is 13.8 Å². The van der Waals surface area contributed by atoms with Crippen molar-refractivity contribution in [2.75, 3.05) is 45.9 Å². The van der Waals surface area contributed by atoms with E-state index in [-0.39, 0.29) is 19.3 Å². The number of rotatable bonds is 6. The molecule has 0 radical (unpaired) electrons. The predicted octanol–water partition coefficient (Wildman–Crippen LogP) is 1.17. The van der Waals surface area contributed by atoms with Gasteiger partial charge in [-0.2, -0.15) is 0 Å². The van der Waals surface area contributed by atoms with Crippen LogP contribution in [0.3, 0.4) is 0 Å². The van der Waals surface area contributed by atoms with Gasteiger partial charge in [0.1, 0.15) is 6.61 Å². The molecule has 1 saturated heterocycles. The number of carbonyl (C=O) groups is 1. The smallest absolute Gasteiger partial charge is 0.409 e. The number of amides is 1. The molecule has 1 fully saturated rings. The Morgan fingerprint density at radius 2 is 1.94 bits per heavy atom. The predicted molar refractivity (Wildman–Crippen MR) is 70.5 cm³/mol. The van der Waals surface area contributed by atoms with Crippen molar-refractivity contribution >= 4 is 6.09 Å². The maximum atomic E-state index is 11.6. The Morgan fingerprint density at radius 3 is 2.44 bits per heavy atom. The summed E-state index contributed by atoms with van der Waals surface area (Å²) in [4.78, 5) is 15.8. The maximum absolute atomic E-state index is 11.6. The number of ether oxygens (including phenoxy) is 1. The van der Waals surface area contributed by atoms with Crippen molar-refractivity contribution in [3.05, 3.63) is 0 Å². The number of aliphatic hydroxyl groups is 1. The number of likely N-dealkylation sites (tertiary alicyclic amines) is 1. The molecule has 18 heavy (non-hydrogen) atoms. The Hall–Kier alpha value is -0.810. The van der Waals surface area contributed by atoms with Crippen LogP contribution < -0.4 is 0 Å². The first kappa shape index (κ1) is 15.2. The van der Waals surface area contributed by atoms with Crippen molar-refractivity contribution in [3.63, 3.8) is 0 Å². The molecule has 5 nitrogen and oxygen atoms in total. The summed E-state index contributed by atoms with van der Waals surface area (Å²) in [5.41, 5.74) is 0. The number of hydrogen-bond acceptors (Lipinski definition) is 4. The van der Waals surface area contributed by atoms with Gasteiger partial charge in [-0.15, -0.1) is 0 Å². The molecule has 0 aliphatic carbocycles. The molecular formula is C13H26N2O3. The second-order valence-electron chi connectivity index (χ2n) is 4.75. The second-order valence-corrected chi connectivity index (χ2v) is 4.75. The second kappa shape index (κ2) is 8.32. The van der Waals surface area contributed by atoms with Crippen LogP contribution >= 0.6 is 0 Å². The summed E-state index contributed by atoms with van der Waals surface area (Å²) >= 11 is 0. The highest BCUT2D eigenvalue weighted by molar-refractivity contribution is 5.67. The van der Waals surface area contributed by atoms with Crippen molar-refractivity contribution in [3.8, 4) is 0 Å². The molecule has 0 unspecified atom stereocenters.